The molecule has 4 bridgehead atoms. The third kappa shape index (κ3) is 2.97. The molecule has 1 aliphatic heterocycles. The van der Waals surface area contributed by atoms with Crippen molar-refractivity contribution in [2.45, 2.75) is 56.9 Å². The molecule has 1 heterocycles. The van der Waals surface area contributed by atoms with Gasteiger partial charge in [0.05, 0.1) is 0 Å². The van der Waals surface area contributed by atoms with Crippen LogP contribution in [0.4, 0.5) is 5.69 Å². The molecule has 4 fully saturated rings. The average Bonchev–Trinajstić information content (AvgIpc) is 2.58. The fourth-order valence-electron chi connectivity index (χ4n) is 6.19. The van der Waals surface area contributed by atoms with Gasteiger partial charge in [0.2, 0.25) is 5.91 Å². The predicted molar refractivity (Wildman–Crippen MR) is 97.9 cm³/mol. The summed E-state index contributed by atoms with van der Waals surface area (Å²) in [5.74, 6) is 3.20. The average molecular weight is 354 g/mol. The third-order valence-corrected chi connectivity index (χ3v) is 6.78. The Balaban J connectivity index is 1.20. The molecule has 4 saturated carbocycles. The number of aryl methyl sites for hydroxylation is 1. The highest BCUT2D eigenvalue weighted by Gasteiger charge is 2.51. The number of rotatable bonds is 4. The molecule has 0 saturated heterocycles. The predicted octanol–water partition coefficient (Wildman–Crippen LogP) is 3.04. The molecule has 6 rings (SSSR count). The topological polar surface area (TPSA) is 67.4 Å². The van der Waals surface area contributed by atoms with Crippen molar-refractivity contribution in [3.05, 3.63) is 23.8 Å². The Bertz CT molecular complexity index is 722. The van der Waals surface area contributed by atoms with Crippen LogP contribution in [0.15, 0.2) is 18.2 Å². The zero-order valence-corrected chi connectivity index (χ0v) is 15.1. The van der Waals surface area contributed by atoms with E-state index in [-0.39, 0.29) is 24.0 Å². The van der Waals surface area contributed by atoms with Gasteiger partial charge in [0.1, 0.15) is 5.75 Å². The number of nitrogens with one attached hydrogen (secondary N) is 2. The second-order valence-electron chi connectivity index (χ2n) is 8.90. The van der Waals surface area contributed by atoms with Crippen molar-refractivity contribution < 1.29 is 14.3 Å². The smallest absolute Gasteiger partial charge is 0.258 e. The zero-order valence-electron chi connectivity index (χ0n) is 15.1. The largest absolute Gasteiger partial charge is 0.484 e. The molecule has 5 aliphatic rings. The minimum atomic E-state index is -0.00188. The molecule has 4 aliphatic carbocycles. The van der Waals surface area contributed by atoms with Crippen LogP contribution in [0.3, 0.4) is 0 Å². The van der Waals surface area contributed by atoms with Crippen LogP contribution in [0.5, 0.6) is 5.75 Å². The highest BCUT2D eigenvalue weighted by Crippen LogP contribution is 2.55. The molecule has 138 valence electrons. The van der Waals surface area contributed by atoms with E-state index in [9.17, 15) is 9.59 Å². The Hall–Kier alpha value is -2.04. The highest BCUT2D eigenvalue weighted by atomic mass is 16.5. The van der Waals surface area contributed by atoms with E-state index in [4.69, 9.17) is 4.74 Å². The third-order valence-electron chi connectivity index (χ3n) is 6.78. The summed E-state index contributed by atoms with van der Waals surface area (Å²) in [4.78, 5) is 24.0. The maximum Gasteiger partial charge on any atom is 0.258 e. The SMILES string of the molecule is O=C1CCc2cc(OCC(=O)NC34CC5CC(CC(C5)C3)C4)ccc2N1. The van der Waals surface area contributed by atoms with Crippen molar-refractivity contribution in [2.24, 2.45) is 17.8 Å². The number of carbonyl (C=O) groups excluding carboxylic acids is 2. The molecule has 5 nitrogen and oxygen atoms in total. The van der Waals surface area contributed by atoms with Gasteiger partial charge in [-0.15, -0.1) is 0 Å². The Morgan fingerprint density at radius 3 is 2.50 bits per heavy atom. The van der Waals surface area contributed by atoms with E-state index < -0.39 is 0 Å². The normalized spacial score (nSPS) is 34.2. The molecule has 1 aromatic rings. The fourth-order valence-corrected chi connectivity index (χ4v) is 6.19. The van der Waals surface area contributed by atoms with Crippen LogP contribution < -0.4 is 15.4 Å². The van der Waals surface area contributed by atoms with Gasteiger partial charge in [0.15, 0.2) is 6.61 Å². The van der Waals surface area contributed by atoms with Gasteiger partial charge >= 0.3 is 0 Å². The van der Waals surface area contributed by atoms with Gasteiger partial charge in [-0.2, -0.15) is 0 Å². The summed E-state index contributed by atoms with van der Waals surface area (Å²) in [5, 5.41) is 6.21. The highest BCUT2D eigenvalue weighted by molar-refractivity contribution is 5.94. The van der Waals surface area contributed by atoms with Crippen LogP contribution >= 0.6 is 0 Å². The Morgan fingerprint density at radius 2 is 1.81 bits per heavy atom. The quantitative estimate of drug-likeness (QED) is 0.873. The summed E-state index contributed by atoms with van der Waals surface area (Å²) in [5.41, 5.74) is 1.96. The number of fused-ring (bicyclic) bond motifs is 1. The summed E-state index contributed by atoms with van der Waals surface area (Å²) in [7, 11) is 0. The molecular formula is C21H26N2O3. The second kappa shape index (κ2) is 6.00. The lowest BCUT2D eigenvalue weighted by Crippen LogP contribution is -2.60. The number of carbonyl (C=O) groups is 2. The first-order valence-corrected chi connectivity index (χ1v) is 9.93. The first kappa shape index (κ1) is 16.2. The van der Waals surface area contributed by atoms with Gasteiger partial charge in [0, 0.05) is 17.6 Å². The van der Waals surface area contributed by atoms with Crippen molar-refractivity contribution in [1.29, 1.82) is 0 Å². The maximum atomic E-state index is 12.5. The van der Waals surface area contributed by atoms with Gasteiger partial charge in [0.25, 0.3) is 5.91 Å². The molecule has 0 atom stereocenters. The molecule has 2 N–H and O–H groups in total. The van der Waals surface area contributed by atoms with E-state index in [0.717, 1.165) is 54.7 Å². The van der Waals surface area contributed by atoms with Gasteiger partial charge in [-0.1, -0.05) is 0 Å². The van der Waals surface area contributed by atoms with Crippen LogP contribution in [-0.4, -0.2) is 24.0 Å². The molecule has 2 amide bonds. The summed E-state index contributed by atoms with van der Waals surface area (Å²) >= 11 is 0. The van der Waals surface area contributed by atoms with Crippen molar-refractivity contribution in [3.8, 4) is 5.75 Å². The minimum absolute atomic E-state index is 0.00188. The summed E-state index contributed by atoms with van der Waals surface area (Å²) in [6.45, 7) is 0.0624. The van der Waals surface area contributed by atoms with Crippen LogP contribution in [-0.2, 0) is 16.0 Å². The number of amides is 2. The summed E-state index contributed by atoms with van der Waals surface area (Å²) in [6.07, 6.45) is 8.81. The molecule has 0 unspecified atom stereocenters. The van der Waals surface area contributed by atoms with E-state index in [1.54, 1.807) is 0 Å². The van der Waals surface area contributed by atoms with Crippen LogP contribution in [0.25, 0.3) is 0 Å². The Morgan fingerprint density at radius 1 is 1.12 bits per heavy atom. The fraction of sp³-hybridized carbons (Fsp3) is 0.619. The molecule has 1 aromatic carbocycles. The van der Waals surface area contributed by atoms with Gasteiger partial charge in [-0.05, 0) is 86.5 Å². The lowest BCUT2D eigenvalue weighted by atomic mass is 9.53. The van der Waals surface area contributed by atoms with Crippen molar-refractivity contribution in [1.82, 2.24) is 5.32 Å². The number of ether oxygens (including phenoxy) is 1. The van der Waals surface area contributed by atoms with Crippen LogP contribution in [0.1, 0.15) is 50.5 Å². The van der Waals surface area contributed by atoms with Crippen molar-refractivity contribution in [2.75, 3.05) is 11.9 Å². The maximum absolute atomic E-state index is 12.5. The van der Waals surface area contributed by atoms with Crippen molar-refractivity contribution >= 4 is 17.5 Å². The first-order chi connectivity index (χ1) is 12.6. The van der Waals surface area contributed by atoms with E-state index in [0.29, 0.717) is 12.2 Å². The Kier molecular flexibility index (Phi) is 3.73. The van der Waals surface area contributed by atoms with E-state index >= 15 is 0 Å². The monoisotopic (exact) mass is 354 g/mol. The molecule has 5 heteroatoms. The van der Waals surface area contributed by atoms with E-state index in [1.165, 1.54) is 19.3 Å². The molecular weight excluding hydrogens is 328 g/mol. The summed E-state index contributed by atoms with van der Waals surface area (Å²) < 4.78 is 5.75. The number of hydrogen-bond acceptors (Lipinski definition) is 3. The van der Waals surface area contributed by atoms with E-state index in [1.807, 2.05) is 18.2 Å². The van der Waals surface area contributed by atoms with Crippen LogP contribution in [0.2, 0.25) is 0 Å². The molecule has 26 heavy (non-hydrogen) atoms. The number of anilines is 1. The van der Waals surface area contributed by atoms with Gasteiger partial charge in [-0.25, -0.2) is 0 Å². The number of benzene rings is 1. The first-order valence-electron chi connectivity index (χ1n) is 9.93. The van der Waals surface area contributed by atoms with E-state index in [2.05, 4.69) is 10.6 Å². The summed E-state index contributed by atoms with van der Waals surface area (Å²) in [6, 6.07) is 5.62. The molecule has 0 spiro atoms. The standard InChI is InChI=1S/C21H26N2O3/c24-19-4-1-16-8-17(2-3-18(16)22-19)26-12-20(25)23-21-9-13-5-14(10-21)7-15(6-13)11-21/h2-3,8,13-15H,1,4-7,9-12H2,(H,22,24)(H,23,25). The zero-order chi connectivity index (χ0) is 17.7. The molecule has 0 radical (unpaired) electrons. The number of hydrogen-bond donors (Lipinski definition) is 2. The lowest BCUT2D eigenvalue weighted by molar-refractivity contribution is -0.128. The minimum Gasteiger partial charge on any atom is -0.484 e. The van der Waals surface area contributed by atoms with Gasteiger partial charge in [-0.3, -0.25) is 9.59 Å². The van der Waals surface area contributed by atoms with Crippen LogP contribution in [0, 0.1) is 17.8 Å². The van der Waals surface area contributed by atoms with Gasteiger partial charge < -0.3 is 15.4 Å². The van der Waals surface area contributed by atoms with Crippen molar-refractivity contribution in [3.63, 3.8) is 0 Å². The Labute approximate surface area is 153 Å². The molecule has 0 aromatic heterocycles. The lowest BCUT2D eigenvalue weighted by Gasteiger charge is -2.56. The second-order valence-corrected chi connectivity index (χ2v) is 8.90.